The van der Waals surface area contributed by atoms with Gasteiger partial charge in [0, 0.05) is 24.2 Å². The Balaban J connectivity index is 0.00000169. The van der Waals surface area contributed by atoms with E-state index in [0.29, 0.717) is 5.88 Å². The number of hydrogen-bond donors (Lipinski definition) is 0. The number of unbranched alkanes of at least 4 members (excludes halogenated alkanes) is 1. The minimum atomic E-state index is 0. The summed E-state index contributed by atoms with van der Waals surface area (Å²) >= 11 is 11.6. The van der Waals surface area contributed by atoms with Crippen LogP contribution in [0.1, 0.15) is 12.8 Å². The summed E-state index contributed by atoms with van der Waals surface area (Å²) in [6, 6.07) is 9.92. The summed E-state index contributed by atoms with van der Waals surface area (Å²) in [4.78, 5) is 0. The van der Waals surface area contributed by atoms with Crippen LogP contribution in [-0.2, 0) is 0 Å². The van der Waals surface area contributed by atoms with Crippen LogP contribution in [0.15, 0.2) is 30.3 Å². The van der Waals surface area contributed by atoms with Crippen molar-refractivity contribution in [1.29, 1.82) is 0 Å². The number of alkyl halides is 1. The third kappa shape index (κ3) is 4.94. The highest BCUT2D eigenvalue weighted by Gasteiger charge is 2.00. The summed E-state index contributed by atoms with van der Waals surface area (Å²) in [7, 11) is 0. The smallest absolute Gasteiger partial charge is 0.0523 e. The first kappa shape index (κ1) is 13.9. The maximum atomic E-state index is 6.03. The van der Waals surface area contributed by atoms with Gasteiger partial charge < -0.3 is 0 Å². The van der Waals surface area contributed by atoms with E-state index in [1.165, 1.54) is 0 Å². The largest absolute Gasteiger partial charge is 0.285 e. The molecule has 0 radical (unpaired) electrons. The summed E-state index contributed by atoms with van der Waals surface area (Å²) in [5, 5.41) is 0. The molecule has 1 aromatic carbocycles. The van der Waals surface area contributed by atoms with E-state index < -0.39 is 0 Å². The predicted molar refractivity (Wildman–Crippen MR) is 66.8 cm³/mol. The molecule has 0 atom stereocenters. The van der Waals surface area contributed by atoms with E-state index in [2.05, 4.69) is 0 Å². The Hall–Kier alpha value is -0.110. The Kier molecular flexibility index (Phi) is 8.15. The van der Waals surface area contributed by atoms with Crippen molar-refractivity contribution in [3.05, 3.63) is 30.3 Å². The van der Waals surface area contributed by atoms with Crippen LogP contribution in [0.2, 0.25) is 0 Å². The van der Waals surface area contributed by atoms with E-state index in [0.717, 1.165) is 25.1 Å². The Morgan fingerprint density at radius 3 is 2.29 bits per heavy atom. The third-order valence-electron chi connectivity index (χ3n) is 1.77. The summed E-state index contributed by atoms with van der Waals surface area (Å²) < 4.78 is 1.73. The molecule has 0 N–H and O–H groups in total. The van der Waals surface area contributed by atoms with Crippen LogP contribution >= 0.6 is 35.8 Å². The summed E-state index contributed by atoms with van der Waals surface area (Å²) in [6.45, 7) is 0.846. The van der Waals surface area contributed by atoms with Gasteiger partial charge in [0.15, 0.2) is 0 Å². The molecule has 0 heterocycles. The molecule has 1 aromatic rings. The fraction of sp³-hybridized carbons (Fsp3) is 0.400. The first-order valence-corrected chi connectivity index (χ1v) is 5.26. The van der Waals surface area contributed by atoms with Gasteiger partial charge in [-0.25, -0.2) is 0 Å². The van der Waals surface area contributed by atoms with E-state index in [4.69, 9.17) is 23.4 Å². The highest BCUT2D eigenvalue weighted by atomic mass is 35.5. The number of benzene rings is 1. The standard InChI is InChI=1S/C10H13Cl2N.ClH/c11-8-4-5-9-13(12)10-6-2-1-3-7-10;/h1-3,6-7H,4-5,8-9H2;1H. The van der Waals surface area contributed by atoms with Crippen molar-refractivity contribution in [2.45, 2.75) is 12.8 Å². The molecule has 14 heavy (non-hydrogen) atoms. The van der Waals surface area contributed by atoms with E-state index in [-0.39, 0.29) is 12.4 Å². The molecule has 0 aliphatic carbocycles. The van der Waals surface area contributed by atoms with Gasteiger partial charge in [0.25, 0.3) is 0 Å². The zero-order chi connectivity index (χ0) is 9.52. The van der Waals surface area contributed by atoms with E-state index in [9.17, 15) is 0 Å². The number of anilines is 1. The number of hydrogen-bond acceptors (Lipinski definition) is 1. The SMILES string of the molecule is Cl.ClCCCCN(Cl)c1ccccc1. The summed E-state index contributed by atoms with van der Waals surface area (Å²) in [6.07, 6.45) is 2.04. The average Bonchev–Trinajstić information content (AvgIpc) is 2.19. The van der Waals surface area contributed by atoms with Crippen LogP contribution in [0.25, 0.3) is 0 Å². The fourth-order valence-electron chi connectivity index (χ4n) is 1.06. The number of nitrogens with zero attached hydrogens (tertiary/aromatic N) is 1. The molecular formula is C10H14Cl3N. The molecule has 0 fully saturated rings. The fourth-order valence-corrected chi connectivity index (χ4v) is 1.49. The molecule has 0 aliphatic heterocycles. The molecule has 0 aliphatic rings. The second-order valence-corrected chi connectivity index (χ2v) is 3.60. The molecule has 0 bridgehead atoms. The lowest BCUT2D eigenvalue weighted by atomic mass is 10.3. The Morgan fingerprint density at radius 1 is 1.07 bits per heavy atom. The van der Waals surface area contributed by atoms with Crippen molar-refractivity contribution in [1.82, 2.24) is 0 Å². The lowest BCUT2D eigenvalue weighted by Crippen LogP contribution is -2.11. The quantitative estimate of drug-likeness (QED) is 0.435. The Morgan fingerprint density at radius 2 is 1.71 bits per heavy atom. The maximum absolute atomic E-state index is 6.03. The van der Waals surface area contributed by atoms with Crippen LogP contribution in [0.5, 0.6) is 0 Å². The zero-order valence-corrected chi connectivity index (χ0v) is 10.2. The normalized spacial score (nSPS) is 9.29. The third-order valence-corrected chi connectivity index (χ3v) is 2.41. The van der Waals surface area contributed by atoms with Gasteiger partial charge in [0.1, 0.15) is 0 Å². The summed E-state index contributed by atoms with van der Waals surface area (Å²) in [5.74, 6) is 0.708. The lowest BCUT2D eigenvalue weighted by molar-refractivity contribution is 0.810. The topological polar surface area (TPSA) is 3.24 Å². The lowest BCUT2D eigenvalue weighted by Gasteiger charge is -2.14. The van der Waals surface area contributed by atoms with Crippen molar-refractivity contribution < 1.29 is 0 Å². The maximum Gasteiger partial charge on any atom is 0.0523 e. The average molecular weight is 255 g/mol. The van der Waals surface area contributed by atoms with Crippen LogP contribution in [0.3, 0.4) is 0 Å². The van der Waals surface area contributed by atoms with Crippen LogP contribution in [-0.4, -0.2) is 12.4 Å². The van der Waals surface area contributed by atoms with Gasteiger partial charge in [-0.1, -0.05) is 18.2 Å². The molecule has 0 amide bonds. The molecular weight excluding hydrogens is 240 g/mol. The van der Waals surface area contributed by atoms with Gasteiger partial charge in [0.2, 0.25) is 0 Å². The molecule has 0 unspecified atom stereocenters. The van der Waals surface area contributed by atoms with Gasteiger partial charge in [-0.05, 0) is 25.0 Å². The first-order valence-electron chi connectivity index (χ1n) is 4.39. The van der Waals surface area contributed by atoms with Crippen molar-refractivity contribution in [2.24, 2.45) is 0 Å². The molecule has 1 rings (SSSR count). The van der Waals surface area contributed by atoms with E-state index in [1.54, 1.807) is 4.42 Å². The number of halogens is 3. The zero-order valence-electron chi connectivity index (χ0n) is 7.83. The molecule has 4 heteroatoms. The molecule has 0 saturated carbocycles. The second-order valence-electron chi connectivity index (χ2n) is 2.82. The Bertz CT molecular complexity index is 228. The molecule has 80 valence electrons. The Labute approximate surface area is 102 Å². The molecule has 1 nitrogen and oxygen atoms in total. The minimum absolute atomic E-state index is 0. The first-order chi connectivity index (χ1) is 6.34. The van der Waals surface area contributed by atoms with Crippen LogP contribution < -0.4 is 4.42 Å². The molecule has 0 aromatic heterocycles. The summed E-state index contributed by atoms with van der Waals surface area (Å²) in [5.41, 5.74) is 1.04. The number of para-hydroxylation sites is 1. The van der Waals surface area contributed by atoms with Crippen molar-refractivity contribution in [3.8, 4) is 0 Å². The van der Waals surface area contributed by atoms with Gasteiger partial charge in [-0.15, -0.1) is 24.0 Å². The van der Waals surface area contributed by atoms with E-state index >= 15 is 0 Å². The predicted octanol–water partition coefficient (Wildman–Crippen LogP) is 4.09. The van der Waals surface area contributed by atoms with Gasteiger partial charge in [0.05, 0.1) is 5.69 Å². The monoisotopic (exact) mass is 253 g/mol. The minimum Gasteiger partial charge on any atom is -0.285 e. The molecule has 0 spiro atoms. The van der Waals surface area contributed by atoms with Crippen molar-refractivity contribution in [2.75, 3.05) is 16.8 Å². The second kappa shape index (κ2) is 8.22. The van der Waals surface area contributed by atoms with Crippen LogP contribution in [0.4, 0.5) is 5.69 Å². The highest BCUT2D eigenvalue weighted by Crippen LogP contribution is 2.15. The molecule has 0 saturated heterocycles. The van der Waals surface area contributed by atoms with Crippen LogP contribution in [0, 0.1) is 0 Å². The van der Waals surface area contributed by atoms with E-state index in [1.807, 2.05) is 30.3 Å². The number of rotatable bonds is 5. The van der Waals surface area contributed by atoms with Gasteiger partial charge in [-0.3, -0.25) is 4.42 Å². The van der Waals surface area contributed by atoms with Crippen molar-refractivity contribution in [3.63, 3.8) is 0 Å². The van der Waals surface area contributed by atoms with Crippen molar-refractivity contribution >= 4 is 41.5 Å². The van der Waals surface area contributed by atoms with Gasteiger partial charge >= 0.3 is 0 Å². The van der Waals surface area contributed by atoms with Gasteiger partial charge in [-0.2, -0.15) is 0 Å². The highest BCUT2D eigenvalue weighted by molar-refractivity contribution is 6.25.